The van der Waals surface area contributed by atoms with E-state index in [0.29, 0.717) is 5.92 Å². The van der Waals surface area contributed by atoms with Crippen molar-refractivity contribution in [1.82, 2.24) is 4.72 Å². The molecule has 0 spiro atoms. The van der Waals surface area contributed by atoms with Crippen LogP contribution in [-0.4, -0.2) is 25.5 Å². The summed E-state index contributed by atoms with van der Waals surface area (Å²) in [5.41, 5.74) is -0.407. The third-order valence-electron chi connectivity index (χ3n) is 3.23. The summed E-state index contributed by atoms with van der Waals surface area (Å²) in [5.74, 6) is -1.04. The third-order valence-corrected chi connectivity index (χ3v) is 5.65. The van der Waals surface area contributed by atoms with Gasteiger partial charge < -0.3 is 5.11 Å². The Morgan fingerprint density at radius 2 is 2.00 bits per heavy atom. The van der Waals surface area contributed by atoms with Gasteiger partial charge in [-0.05, 0) is 37.8 Å². The predicted molar refractivity (Wildman–Crippen MR) is 75.9 cm³/mol. The lowest BCUT2D eigenvalue weighted by Crippen LogP contribution is -2.34. The normalized spacial score (nSPS) is 16.9. The van der Waals surface area contributed by atoms with E-state index in [9.17, 15) is 13.2 Å². The van der Waals surface area contributed by atoms with E-state index in [-0.39, 0.29) is 21.0 Å². The van der Waals surface area contributed by atoms with Crippen molar-refractivity contribution in [3.63, 3.8) is 0 Å². The van der Waals surface area contributed by atoms with Gasteiger partial charge in [0, 0.05) is 6.04 Å². The number of rotatable bonds is 5. The third kappa shape index (κ3) is 3.09. The molecule has 20 heavy (non-hydrogen) atoms. The van der Waals surface area contributed by atoms with Crippen LogP contribution in [0, 0.1) is 5.92 Å². The average Bonchev–Trinajstić information content (AvgIpc) is 3.10. The van der Waals surface area contributed by atoms with Gasteiger partial charge in [0.25, 0.3) is 0 Å². The first kappa shape index (κ1) is 15.6. The molecule has 0 heterocycles. The molecule has 0 saturated heterocycles. The Kier molecular flexibility index (Phi) is 4.30. The zero-order valence-electron chi connectivity index (χ0n) is 10.6. The van der Waals surface area contributed by atoms with E-state index in [2.05, 4.69) is 4.72 Å². The number of carbonyl (C=O) groups is 1. The molecule has 1 aromatic carbocycles. The van der Waals surface area contributed by atoms with Crippen molar-refractivity contribution >= 4 is 39.2 Å². The Bertz CT molecular complexity index is 656. The Morgan fingerprint density at radius 3 is 2.50 bits per heavy atom. The maximum atomic E-state index is 12.3. The summed E-state index contributed by atoms with van der Waals surface area (Å²) in [6.07, 6.45) is 1.97. The van der Waals surface area contributed by atoms with Crippen molar-refractivity contribution in [2.75, 3.05) is 0 Å². The summed E-state index contributed by atoms with van der Waals surface area (Å²) in [6.45, 7) is 1.77. The summed E-state index contributed by atoms with van der Waals surface area (Å²) in [4.78, 5) is 10.8. The zero-order valence-corrected chi connectivity index (χ0v) is 12.9. The molecule has 1 atom stereocenters. The van der Waals surface area contributed by atoms with Crippen LogP contribution in [-0.2, 0) is 10.0 Å². The molecule has 0 aromatic heterocycles. The van der Waals surface area contributed by atoms with Crippen molar-refractivity contribution in [1.29, 1.82) is 0 Å². The van der Waals surface area contributed by atoms with E-state index in [1.54, 1.807) is 6.92 Å². The molecule has 1 aromatic rings. The van der Waals surface area contributed by atoms with E-state index in [4.69, 9.17) is 28.3 Å². The van der Waals surface area contributed by atoms with Crippen molar-refractivity contribution in [3.8, 4) is 0 Å². The van der Waals surface area contributed by atoms with Gasteiger partial charge in [0.05, 0.1) is 15.6 Å². The van der Waals surface area contributed by atoms with Gasteiger partial charge in [0.15, 0.2) is 0 Å². The minimum atomic E-state index is -3.87. The minimum absolute atomic E-state index is 0.100. The summed E-state index contributed by atoms with van der Waals surface area (Å²) in [7, 11) is -3.87. The lowest BCUT2D eigenvalue weighted by atomic mass is 10.2. The zero-order chi connectivity index (χ0) is 15.1. The van der Waals surface area contributed by atoms with Gasteiger partial charge in [0.2, 0.25) is 10.0 Å². The number of carboxylic acid groups (broad SMARTS) is 1. The van der Waals surface area contributed by atoms with Crippen LogP contribution in [0.25, 0.3) is 0 Å². The smallest absolute Gasteiger partial charge is 0.338 e. The highest BCUT2D eigenvalue weighted by Crippen LogP contribution is 2.35. The Hall–Kier alpha value is -0.820. The highest BCUT2D eigenvalue weighted by atomic mass is 35.5. The summed E-state index contributed by atoms with van der Waals surface area (Å²) in [5, 5.41) is 8.56. The van der Waals surface area contributed by atoms with E-state index in [1.807, 2.05) is 0 Å². The molecule has 1 fully saturated rings. The number of sulfonamides is 1. The van der Waals surface area contributed by atoms with Gasteiger partial charge in [-0.2, -0.15) is 0 Å². The molecular weight excluding hydrogens is 325 g/mol. The number of aromatic carboxylic acids is 1. The predicted octanol–water partition coefficient (Wildman–Crippen LogP) is 2.77. The molecule has 0 radical (unpaired) electrons. The van der Waals surface area contributed by atoms with Gasteiger partial charge in [-0.25, -0.2) is 17.9 Å². The number of nitrogens with one attached hydrogen (secondary N) is 1. The number of carboxylic acids is 1. The van der Waals surface area contributed by atoms with Crippen molar-refractivity contribution in [2.24, 2.45) is 5.92 Å². The summed E-state index contributed by atoms with van der Waals surface area (Å²) < 4.78 is 27.0. The molecule has 0 bridgehead atoms. The van der Waals surface area contributed by atoms with Crippen LogP contribution in [0.5, 0.6) is 0 Å². The molecule has 8 heteroatoms. The van der Waals surface area contributed by atoms with Gasteiger partial charge in [-0.15, -0.1) is 0 Å². The van der Waals surface area contributed by atoms with Crippen LogP contribution in [0.15, 0.2) is 17.0 Å². The largest absolute Gasteiger partial charge is 0.478 e. The first-order valence-corrected chi connectivity index (χ1v) is 8.21. The van der Waals surface area contributed by atoms with E-state index < -0.39 is 21.6 Å². The van der Waals surface area contributed by atoms with Crippen LogP contribution in [0.4, 0.5) is 0 Å². The SMILES string of the molecule is CC(NS(=O)(=O)c1ccc(Cl)c(C(=O)O)c1Cl)C1CC1. The average molecular weight is 338 g/mol. The molecule has 1 aliphatic carbocycles. The van der Waals surface area contributed by atoms with Crippen LogP contribution >= 0.6 is 23.2 Å². The number of hydrogen-bond donors (Lipinski definition) is 2. The fraction of sp³-hybridized carbons (Fsp3) is 0.417. The molecule has 1 unspecified atom stereocenters. The second-order valence-electron chi connectivity index (χ2n) is 4.79. The Labute approximate surface area is 126 Å². The van der Waals surface area contributed by atoms with Crippen LogP contribution < -0.4 is 4.72 Å². The van der Waals surface area contributed by atoms with Crippen molar-refractivity contribution in [3.05, 3.63) is 27.7 Å². The highest BCUT2D eigenvalue weighted by molar-refractivity contribution is 7.89. The second-order valence-corrected chi connectivity index (χ2v) is 7.25. The fourth-order valence-electron chi connectivity index (χ4n) is 1.94. The maximum absolute atomic E-state index is 12.3. The number of halogens is 2. The topological polar surface area (TPSA) is 83.5 Å². The molecule has 2 N–H and O–H groups in total. The fourth-order valence-corrected chi connectivity index (χ4v) is 4.17. The van der Waals surface area contributed by atoms with E-state index >= 15 is 0 Å². The number of hydrogen-bond acceptors (Lipinski definition) is 3. The quantitative estimate of drug-likeness (QED) is 0.865. The molecule has 1 aliphatic rings. The Balaban J connectivity index is 2.41. The molecule has 2 rings (SSSR count). The molecule has 110 valence electrons. The lowest BCUT2D eigenvalue weighted by Gasteiger charge is -2.15. The minimum Gasteiger partial charge on any atom is -0.478 e. The lowest BCUT2D eigenvalue weighted by molar-refractivity contribution is 0.0697. The molecule has 5 nitrogen and oxygen atoms in total. The van der Waals surface area contributed by atoms with Gasteiger partial charge >= 0.3 is 5.97 Å². The van der Waals surface area contributed by atoms with Gasteiger partial charge in [-0.1, -0.05) is 23.2 Å². The molecule has 0 amide bonds. The van der Waals surface area contributed by atoms with Crippen LogP contribution in [0.3, 0.4) is 0 Å². The van der Waals surface area contributed by atoms with Crippen molar-refractivity contribution < 1.29 is 18.3 Å². The second kappa shape index (κ2) is 5.52. The highest BCUT2D eigenvalue weighted by Gasteiger charge is 2.32. The monoisotopic (exact) mass is 337 g/mol. The van der Waals surface area contributed by atoms with E-state index in [0.717, 1.165) is 12.8 Å². The summed E-state index contributed by atoms with van der Waals surface area (Å²) in [6, 6.07) is 2.21. The molecule has 0 aliphatic heterocycles. The Morgan fingerprint density at radius 1 is 1.40 bits per heavy atom. The van der Waals surface area contributed by atoms with E-state index in [1.165, 1.54) is 12.1 Å². The van der Waals surface area contributed by atoms with Crippen LogP contribution in [0.1, 0.15) is 30.1 Å². The maximum Gasteiger partial charge on any atom is 0.338 e. The van der Waals surface area contributed by atoms with Crippen molar-refractivity contribution in [2.45, 2.75) is 30.7 Å². The first-order valence-electron chi connectivity index (χ1n) is 5.97. The molecular formula is C12H13Cl2NO4S. The van der Waals surface area contributed by atoms with Crippen LogP contribution in [0.2, 0.25) is 10.0 Å². The number of benzene rings is 1. The standard InChI is InChI=1S/C12H13Cl2NO4S/c1-6(7-2-3-7)15-20(18,19)9-5-4-8(13)10(11(9)14)12(16)17/h4-7,15H,2-3H2,1H3,(H,16,17). The first-order chi connectivity index (χ1) is 9.24. The van der Waals surface area contributed by atoms with Gasteiger partial charge in [-0.3, -0.25) is 0 Å². The molecule has 1 saturated carbocycles. The van der Waals surface area contributed by atoms with Gasteiger partial charge in [0.1, 0.15) is 4.90 Å². The summed E-state index contributed by atoms with van der Waals surface area (Å²) >= 11 is 11.6.